The molecule has 1 aliphatic rings. The van der Waals surface area contributed by atoms with Crippen LogP contribution in [0.5, 0.6) is 5.75 Å². The Bertz CT molecular complexity index is 1360. The van der Waals surface area contributed by atoms with E-state index in [1.54, 1.807) is 82.3 Å². The average molecular weight is 500 g/mol. The summed E-state index contributed by atoms with van der Waals surface area (Å²) in [4.78, 5) is 40.8. The molecule has 1 heterocycles. The van der Waals surface area contributed by atoms with Crippen molar-refractivity contribution >= 4 is 41.7 Å². The number of fused-ring (bicyclic) bond motifs is 1. The number of carbonyl (C=O) groups excluding carboxylic acids is 3. The first kappa shape index (κ1) is 25.8. The second-order valence-electron chi connectivity index (χ2n) is 9.70. The molecule has 0 aromatic heterocycles. The fourth-order valence-corrected chi connectivity index (χ4v) is 4.19. The summed E-state index contributed by atoms with van der Waals surface area (Å²) in [6.07, 6.45) is 0. The van der Waals surface area contributed by atoms with Crippen LogP contribution >= 0.6 is 0 Å². The van der Waals surface area contributed by atoms with Gasteiger partial charge in [0.15, 0.2) is 0 Å². The van der Waals surface area contributed by atoms with E-state index >= 15 is 0 Å². The van der Waals surface area contributed by atoms with Crippen molar-refractivity contribution in [3.05, 3.63) is 83.4 Å². The Kier molecular flexibility index (Phi) is 6.95. The number of ether oxygens (including phenoxy) is 1. The molecule has 0 spiro atoms. The lowest BCUT2D eigenvalue weighted by Gasteiger charge is -2.36. The van der Waals surface area contributed by atoms with Crippen LogP contribution in [0.25, 0.3) is 0 Å². The predicted molar refractivity (Wildman–Crippen MR) is 143 cm³/mol. The van der Waals surface area contributed by atoms with E-state index in [1.807, 2.05) is 6.07 Å². The summed E-state index contributed by atoms with van der Waals surface area (Å²) in [5.41, 5.74) is 4.52. The largest absolute Gasteiger partial charge is 0.496 e. The van der Waals surface area contributed by atoms with Gasteiger partial charge in [0.05, 0.1) is 12.6 Å². The number of rotatable bonds is 4. The molecule has 0 fully saturated rings. The summed E-state index contributed by atoms with van der Waals surface area (Å²) in [5, 5.41) is 14.9. The molecule has 0 saturated heterocycles. The van der Waals surface area contributed by atoms with Crippen LogP contribution in [0.3, 0.4) is 0 Å². The zero-order valence-electron chi connectivity index (χ0n) is 21.4. The van der Waals surface area contributed by atoms with E-state index in [0.717, 1.165) is 0 Å². The maximum absolute atomic E-state index is 13.6. The van der Waals surface area contributed by atoms with E-state index in [9.17, 15) is 19.4 Å². The Labute approximate surface area is 216 Å². The Morgan fingerprint density at radius 1 is 1.05 bits per heavy atom. The highest BCUT2D eigenvalue weighted by molar-refractivity contribution is 6.77. The van der Waals surface area contributed by atoms with Gasteiger partial charge >= 0.3 is 13.1 Å². The quantitative estimate of drug-likeness (QED) is 0.376. The van der Waals surface area contributed by atoms with E-state index in [2.05, 4.69) is 10.7 Å². The molecule has 0 saturated carbocycles. The number of benzene rings is 3. The SMILES string of the molecule is COc1cccc(C(=O)NN(C(=O)c2ccc3c(c2)NC(=O)N(c2ccccc2)B3O)C(C)(C)C)c1C. The zero-order valence-corrected chi connectivity index (χ0v) is 21.4. The van der Waals surface area contributed by atoms with Crippen LogP contribution in [-0.4, -0.2) is 47.6 Å². The standard InChI is InChI=1S/C27H29BN4O5/c1-17-20(12-9-13-23(17)37-5)24(33)30-32(27(2,3)4)25(34)18-14-15-21-22(16-18)29-26(35)31(28(21)36)19-10-7-6-8-11-19/h6-16,36H,1-5H3,(H,29,35)(H,30,33). The lowest BCUT2D eigenvalue weighted by molar-refractivity contribution is 0.0358. The first-order chi connectivity index (χ1) is 17.5. The minimum Gasteiger partial charge on any atom is -0.496 e. The number of hydrogen-bond acceptors (Lipinski definition) is 5. The van der Waals surface area contributed by atoms with Crippen molar-refractivity contribution in [3.8, 4) is 5.75 Å². The number of para-hydroxylation sites is 1. The molecule has 3 N–H and O–H groups in total. The molecule has 0 unspecified atom stereocenters. The van der Waals surface area contributed by atoms with E-state index in [4.69, 9.17) is 4.74 Å². The summed E-state index contributed by atoms with van der Waals surface area (Å²) < 4.78 is 5.31. The third-order valence-electron chi connectivity index (χ3n) is 6.15. The number of urea groups is 1. The predicted octanol–water partition coefficient (Wildman–Crippen LogP) is 3.33. The molecule has 9 nitrogen and oxygen atoms in total. The molecule has 3 aromatic carbocycles. The van der Waals surface area contributed by atoms with Crippen molar-refractivity contribution in [1.82, 2.24) is 10.4 Å². The molecule has 0 atom stereocenters. The normalized spacial score (nSPS) is 13.0. The summed E-state index contributed by atoms with van der Waals surface area (Å²) in [6, 6.07) is 18.1. The van der Waals surface area contributed by atoms with E-state index in [-0.39, 0.29) is 5.56 Å². The van der Waals surface area contributed by atoms with Crippen molar-refractivity contribution < 1.29 is 24.1 Å². The molecule has 10 heteroatoms. The number of anilines is 2. The van der Waals surface area contributed by atoms with Crippen LogP contribution < -0.4 is 25.8 Å². The second kappa shape index (κ2) is 9.98. The number of nitrogens with one attached hydrogen (secondary N) is 2. The Morgan fingerprint density at radius 3 is 2.41 bits per heavy atom. The van der Waals surface area contributed by atoms with Gasteiger partial charge in [-0.2, -0.15) is 0 Å². The summed E-state index contributed by atoms with van der Waals surface area (Å²) >= 11 is 0. The number of hydrazine groups is 1. The number of nitrogens with zero attached hydrogens (tertiary/aromatic N) is 2. The molecule has 1 aliphatic heterocycles. The smallest absolute Gasteiger partial charge is 0.459 e. The first-order valence-electron chi connectivity index (χ1n) is 11.8. The molecule has 0 bridgehead atoms. The van der Waals surface area contributed by atoms with Crippen LogP contribution in [0, 0.1) is 6.92 Å². The van der Waals surface area contributed by atoms with Crippen LogP contribution in [0.2, 0.25) is 0 Å². The van der Waals surface area contributed by atoms with E-state index in [0.29, 0.717) is 33.7 Å². The van der Waals surface area contributed by atoms with Crippen molar-refractivity contribution in [2.45, 2.75) is 33.2 Å². The van der Waals surface area contributed by atoms with Gasteiger partial charge in [0.2, 0.25) is 0 Å². The van der Waals surface area contributed by atoms with Crippen LogP contribution in [0.15, 0.2) is 66.7 Å². The highest BCUT2D eigenvalue weighted by Gasteiger charge is 2.38. The molecule has 3 aromatic rings. The van der Waals surface area contributed by atoms with Gasteiger partial charge in [-0.15, -0.1) is 0 Å². The lowest BCUT2D eigenvalue weighted by Crippen LogP contribution is -2.59. The summed E-state index contributed by atoms with van der Waals surface area (Å²) in [6.45, 7) is 7.16. The molecule has 190 valence electrons. The van der Waals surface area contributed by atoms with Gasteiger partial charge in [0.1, 0.15) is 5.75 Å². The minimum atomic E-state index is -1.23. The Hall–Kier alpha value is -4.31. The third kappa shape index (κ3) is 5.01. The molecule has 4 rings (SSSR count). The van der Waals surface area contributed by atoms with Gasteiger partial charge in [-0.05, 0) is 69.6 Å². The maximum atomic E-state index is 13.6. The fourth-order valence-electron chi connectivity index (χ4n) is 4.19. The Balaban J connectivity index is 1.63. The first-order valence-corrected chi connectivity index (χ1v) is 11.8. The second-order valence-corrected chi connectivity index (χ2v) is 9.70. The highest BCUT2D eigenvalue weighted by atomic mass is 16.5. The van der Waals surface area contributed by atoms with Gasteiger partial charge < -0.3 is 19.9 Å². The van der Waals surface area contributed by atoms with Gasteiger partial charge in [0, 0.05) is 28.1 Å². The van der Waals surface area contributed by atoms with E-state index < -0.39 is 30.4 Å². The van der Waals surface area contributed by atoms with E-state index in [1.165, 1.54) is 23.0 Å². The van der Waals surface area contributed by atoms with Crippen molar-refractivity contribution in [1.29, 1.82) is 0 Å². The molecule has 37 heavy (non-hydrogen) atoms. The van der Waals surface area contributed by atoms with Gasteiger partial charge in [0.25, 0.3) is 11.8 Å². The van der Waals surface area contributed by atoms with Gasteiger partial charge in [-0.1, -0.05) is 30.3 Å². The zero-order chi connectivity index (χ0) is 26.9. The van der Waals surface area contributed by atoms with Gasteiger partial charge in [-0.25, -0.2) is 9.80 Å². The van der Waals surface area contributed by atoms with Crippen molar-refractivity contribution in [2.24, 2.45) is 0 Å². The highest BCUT2D eigenvalue weighted by Crippen LogP contribution is 2.25. The minimum absolute atomic E-state index is 0.233. The summed E-state index contributed by atoms with van der Waals surface area (Å²) in [5.74, 6) is -0.367. The topological polar surface area (TPSA) is 111 Å². The van der Waals surface area contributed by atoms with Crippen molar-refractivity contribution in [3.63, 3.8) is 0 Å². The Morgan fingerprint density at radius 2 is 1.76 bits per heavy atom. The van der Waals surface area contributed by atoms with Crippen molar-refractivity contribution in [2.75, 3.05) is 17.2 Å². The average Bonchev–Trinajstić information content (AvgIpc) is 2.86. The summed E-state index contributed by atoms with van der Waals surface area (Å²) in [7, 11) is 0.296. The molecular formula is C27H29BN4O5. The molecule has 0 radical (unpaired) electrons. The van der Waals surface area contributed by atoms with Crippen LogP contribution in [0.1, 0.15) is 47.1 Å². The van der Waals surface area contributed by atoms with Crippen LogP contribution in [-0.2, 0) is 0 Å². The molecular weight excluding hydrogens is 471 g/mol. The number of hydrogen-bond donors (Lipinski definition) is 3. The lowest BCUT2D eigenvalue weighted by atomic mass is 9.68. The number of carbonyl (C=O) groups is 3. The number of amides is 4. The maximum Gasteiger partial charge on any atom is 0.459 e. The molecule has 0 aliphatic carbocycles. The fraction of sp³-hybridized carbons (Fsp3) is 0.222. The monoisotopic (exact) mass is 500 g/mol. The van der Waals surface area contributed by atoms with Gasteiger partial charge in [-0.3, -0.25) is 15.0 Å². The third-order valence-corrected chi connectivity index (χ3v) is 6.15. The number of methoxy groups -OCH3 is 1. The molecule has 4 amide bonds. The van der Waals surface area contributed by atoms with Crippen LogP contribution in [0.4, 0.5) is 16.2 Å².